The van der Waals surface area contributed by atoms with E-state index in [2.05, 4.69) is 20.5 Å². The van der Waals surface area contributed by atoms with Crippen LogP contribution in [0.15, 0.2) is 64.6 Å². The molecule has 3 aromatic rings. The first-order valence-electron chi connectivity index (χ1n) is 7.55. The number of thioether (sulfide) groups is 2. The Labute approximate surface area is 157 Å². The average molecular weight is 392 g/mol. The lowest BCUT2D eigenvalue weighted by Crippen LogP contribution is -2.14. The number of nitrogens with one attached hydrogen (secondary N) is 2. The largest absolute Gasteiger partial charge is 0.325 e. The van der Waals surface area contributed by atoms with Crippen LogP contribution in [0, 0.1) is 0 Å². The van der Waals surface area contributed by atoms with Crippen LogP contribution in [0.25, 0.3) is 11.4 Å². The highest BCUT2D eigenvalue weighted by atomic mass is 32.2. The van der Waals surface area contributed by atoms with Crippen molar-refractivity contribution in [3.05, 3.63) is 54.6 Å². The summed E-state index contributed by atoms with van der Waals surface area (Å²) in [6.45, 7) is 0. The first-order valence-corrected chi connectivity index (χ1v) is 9.42. The fraction of sp³-hybridized carbons (Fsp3) is 0.118. The number of aromatic amines is 1. The highest BCUT2D eigenvalue weighted by Crippen LogP contribution is 2.26. The summed E-state index contributed by atoms with van der Waals surface area (Å²) in [5.41, 5.74) is 1.47. The van der Waals surface area contributed by atoms with Crippen molar-refractivity contribution in [2.24, 2.45) is 0 Å². The van der Waals surface area contributed by atoms with Gasteiger partial charge in [-0.25, -0.2) is 4.98 Å². The number of nitrogens with zero attached hydrogens (tertiary/aromatic N) is 2. The Morgan fingerprint density at radius 3 is 2.54 bits per heavy atom. The molecular formula is C17H14F2N4OS2. The molecule has 3 rings (SSSR count). The molecule has 1 amide bonds. The molecule has 2 N–H and O–H groups in total. The second kappa shape index (κ2) is 8.81. The molecule has 5 nitrogen and oxygen atoms in total. The van der Waals surface area contributed by atoms with Gasteiger partial charge in [-0.15, -0.1) is 5.10 Å². The number of amides is 1. The van der Waals surface area contributed by atoms with Gasteiger partial charge in [-0.1, -0.05) is 53.9 Å². The Kier molecular flexibility index (Phi) is 6.24. The quantitative estimate of drug-likeness (QED) is 0.579. The number of alkyl halides is 2. The van der Waals surface area contributed by atoms with Gasteiger partial charge in [-0.2, -0.15) is 8.78 Å². The minimum absolute atomic E-state index is 0.139. The Morgan fingerprint density at radius 2 is 1.85 bits per heavy atom. The van der Waals surface area contributed by atoms with E-state index in [0.717, 1.165) is 5.56 Å². The van der Waals surface area contributed by atoms with E-state index in [1.807, 2.05) is 30.3 Å². The maximum absolute atomic E-state index is 12.3. The normalized spacial score (nSPS) is 10.9. The molecule has 0 atom stereocenters. The number of benzene rings is 2. The Balaban J connectivity index is 1.50. The van der Waals surface area contributed by atoms with Gasteiger partial charge in [0, 0.05) is 16.1 Å². The predicted octanol–water partition coefficient (Wildman–Crippen LogP) is 4.52. The summed E-state index contributed by atoms with van der Waals surface area (Å²) in [7, 11) is 0. The molecule has 0 spiro atoms. The number of hydrogen-bond acceptors (Lipinski definition) is 5. The number of carbonyl (C=O) groups is 1. The van der Waals surface area contributed by atoms with E-state index < -0.39 is 5.76 Å². The van der Waals surface area contributed by atoms with E-state index >= 15 is 0 Å². The molecule has 1 heterocycles. The van der Waals surface area contributed by atoms with Crippen LogP contribution in [0.2, 0.25) is 0 Å². The van der Waals surface area contributed by atoms with Crippen molar-refractivity contribution >= 4 is 35.1 Å². The molecule has 0 aliphatic carbocycles. The molecule has 0 fully saturated rings. The van der Waals surface area contributed by atoms with Gasteiger partial charge in [-0.05, 0) is 24.3 Å². The van der Waals surface area contributed by atoms with Gasteiger partial charge in [-0.3, -0.25) is 9.89 Å². The molecule has 0 saturated heterocycles. The molecule has 0 saturated carbocycles. The van der Waals surface area contributed by atoms with Crippen LogP contribution in [0.4, 0.5) is 14.5 Å². The smallest absolute Gasteiger partial charge is 0.288 e. The van der Waals surface area contributed by atoms with Gasteiger partial charge in [0.25, 0.3) is 5.76 Å². The Morgan fingerprint density at radius 1 is 1.12 bits per heavy atom. The van der Waals surface area contributed by atoms with Crippen LogP contribution >= 0.6 is 23.5 Å². The zero-order valence-corrected chi connectivity index (χ0v) is 15.0. The van der Waals surface area contributed by atoms with E-state index in [9.17, 15) is 13.6 Å². The third-order valence-electron chi connectivity index (χ3n) is 3.21. The summed E-state index contributed by atoms with van der Waals surface area (Å²) in [5.74, 6) is -1.91. The summed E-state index contributed by atoms with van der Waals surface area (Å²) in [6.07, 6.45) is 0. The fourth-order valence-electron chi connectivity index (χ4n) is 2.08. The van der Waals surface area contributed by atoms with E-state index in [-0.39, 0.29) is 11.7 Å². The number of anilines is 1. The molecule has 26 heavy (non-hydrogen) atoms. The summed E-state index contributed by atoms with van der Waals surface area (Å²) in [6, 6.07) is 15.8. The molecule has 0 radical (unpaired) electrons. The predicted molar refractivity (Wildman–Crippen MR) is 99.5 cm³/mol. The van der Waals surface area contributed by atoms with Crippen LogP contribution in [0.3, 0.4) is 0 Å². The molecule has 0 aliphatic rings. The van der Waals surface area contributed by atoms with Gasteiger partial charge in [0.15, 0.2) is 5.82 Å². The van der Waals surface area contributed by atoms with E-state index in [1.54, 1.807) is 24.3 Å². The van der Waals surface area contributed by atoms with E-state index in [1.165, 1.54) is 11.8 Å². The molecule has 0 bridgehead atoms. The summed E-state index contributed by atoms with van der Waals surface area (Å²) < 4.78 is 24.6. The lowest BCUT2D eigenvalue weighted by molar-refractivity contribution is -0.113. The molecule has 134 valence electrons. The van der Waals surface area contributed by atoms with Gasteiger partial charge < -0.3 is 5.32 Å². The molecule has 0 aliphatic heterocycles. The summed E-state index contributed by atoms with van der Waals surface area (Å²) in [4.78, 5) is 16.8. The van der Waals surface area contributed by atoms with Gasteiger partial charge in [0.05, 0.1) is 5.75 Å². The van der Waals surface area contributed by atoms with Gasteiger partial charge in [0.1, 0.15) is 0 Å². The van der Waals surface area contributed by atoms with Crippen LogP contribution in [0.1, 0.15) is 0 Å². The standard InChI is InChI=1S/C17H14F2N4OS2/c18-16(19)26-13-8-6-12(7-9-13)20-14(24)10-25-17-21-15(22-23-17)11-4-2-1-3-5-11/h1-9,16H,10H2,(H,20,24)(H,21,22,23). The van der Waals surface area contributed by atoms with Crippen LogP contribution < -0.4 is 5.32 Å². The molecule has 2 aromatic carbocycles. The first kappa shape index (κ1) is 18.4. The van der Waals surface area contributed by atoms with E-state index in [4.69, 9.17) is 0 Å². The maximum Gasteiger partial charge on any atom is 0.288 e. The minimum atomic E-state index is -2.46. The SMILES string of the molecule is O=C(CSc1n[nH]c(-c2ccccc2)n1)Nc1ccc(SC(F)F)cc1. The molecule has 0 unspecified atom stereocenters. The van der Waals surface area contributed by atoms with Crippen LogP contribution in [0.5, 0.6) is 0 Å². The summed E-state index contributed by atoms with van der Waals surface area (Å²) >= 11 is 1.67. The lowest BCUT2D eigenvalue weighted by Gasteiger charge is -2.05. The number of halogens is 2. The number of aromatic nitrogens is 3. The van der Waals surface area contributed by atoms with Crippen LogP contribution in [-0.4, -0.2) is 32.6 Å². The van der Waals surface area contributed by atoms with Crippen LogP contribution in [-0.2, 0) is 4.79 Å². The van der Waals surface area contributed by atoms with Crippen molar-refractivity contribution in [1.82, 2.24) is 15.2 Å². The first-order chi connectivity index (χ1) is 12.6. The van der Waals surface area contributed by atoms with Crippen molar-refractivity contribution in [3.63, 3.8) is 0 Å². The zero-order valence-electron chi connectivity index (χ0n) is 13.4. The number of carbonyl (C=O) groups excluding carboxylic acids is 1. The third kappa shape index (κ3) is 5.30. The maximum atomic E-state index is 12.3. The van der Waals surface area contributed by atoms with Crippen molar-refractivity contribution in [3.8, 4) is 11.4 Å². The van der Waals surface area contributed by atoms with Crippen molar-refractivity contribution in [2.45, 2.75) is 15.8 Å². The monoisotopic (exact) mass is 392 g/mol. The number of rotatable bonds is 7. The number of hydrogen-bond donors (Lipinski definition) is 2. The fourth-order valence-corrected chi connectivity index (χ4v) is 3.18. The highest BCUT2D eigenvalue weighted by Gasteiger charge is 2.10. The zero-order chi connectivity index (χ0) is 18.4. The van der Waals surface area contributed by atoms with Gasteiger partial charge >= 0.3 is 0 Å². The second-order valence-electron chi connectivity index (χ2n) is 5.07. The van der Waals surface area contributed by atoms with E-state index in [0.29, 0.717) is 33.3 Å². The molecule has 9 heteroatoms. The van der Waals surface area contributed by atoms with Crippen molar-refractivity contribution in [2.75, 3.05) is 11.1 Å². The topological polar surface area (TPSA) is 70.7 Å². The number of H-pyrrole nitrogens is 1. The van der Waals surface area contributed by atoms with Gasteiger partial charge in [0.2, 0.25) is 11.1 Å². The van der Waals surface area contributed by atoms with Crippen molar-refractivity contribution < 1.29 is 13.6 Å². The van der Waals surface area contributed by atoms with Crippen molar-refractivity contribution in [1.29, 1.82) is 0 Å². The lowest BCUT2D eigenvalue weighted by atomic mass is 10.2. The Bertz CT molecular complexity index is 857. The summed E-state index contributed by atoms with van der Waals surface area (Å²) in [5, 5.41) is 10.1. The highest BCUT2D eigenvalue weighted by molar-refractivity contribution is 8.00. The minimum Gasteiger partial charge on any atom is -0.325 e. The molecule has 1 aromatic heterocycles. The third-order valence-corrected chi connectivity index (χ3v) is 4.78. The average Bonchev–Trinajstić information content (AvgIpc) is 3.11. The second-order valence-corrected chi connectivity index (χ2v) is 7.08. The molecular weight excluding hydrogens is 378 g/mol. The Hall–Kier alpha value is -2.39.